The molecule has 0 atom stereocenters. The molecule has 0 saturated carbocycles. The molecule has 0 amide bonds. The van der Waals surface area contributed by atoms with E-state index < -0.39 is 0 Å². The average Bonchev–Trinajstić information content (AvgIpc) is 1.94. The maximum absolute atomic E-state index is 5.60. The van der Waals surface area contributed by atoms with E-state index >= 15 is 0 Å². The van der Waals surface area contributed by atoms with Gasteiger partial charge in [0.2, 0.25) is 0 Å². The summed E-state index contributed by atoms with van der Waals surface area (Å²) in [5.74, 6) is 0.996. The van der Waals surface area contributed by atoms with E-state index in [-0.39, 0.29) is 6.10 Å². The second-order valence-corrected chi connectivity index (χ2v) is 3.44. The highest BCUT2D eigenvalue weighted by Crippen LogP contribution is 2.16. The minimum Gasteiger partial charge on any atom is -0.491 e. The highest BCUT2D eigenvalue weighted by atomic mass is 16.5. The minimum absolute atomic E-state index is 0.256. The largest absolute Gasteiger partial charge is 0.491 e. The lowest BCUT2D eigenvalue weighted by Gasteiger charge is -2.12. The molecule has 0 bridgehead atoms. The third kappa shape index (κ3) is 2.30. The van der Waals surface area contributed by atoms with Crippen molar-refractivity contribution in [3.63, 3.8) is 0 Å². The summed E-state index contributed by atoms with van der Waals surface area (Å²) < 4.78 is 5.60. The molecule has 2 heteroatoms. The first-order chi connectivity index (χ1) is 5.59. The fourth-order valence-corrected chi connectivity index (χ4v) is 1.19. The third-order valence-corrected chi connectivity index (χ3v) is 1.69. The zero-order valence-electron chi connectivity index (χ0n) is 8.22. The molecule has 0 saturated heterocycles. The minimum atomic E-state index is 0.256. The van der Waals surface area contributed by atoms with Crippen molar-refractivity contribution in [2.24, 2.45) is 0 Å². The SMILES string of the molecule is Bc1ccc(OC(C)C)c(C)c1. The molecular weight excluding hydrogens is 147 g/mol. The van der Waals surface area contributed by atoms with Crippen LogP contribution in [0, 0.1) is 6.92 Å². The summed E-state index contributed by atoms with van der Waals surface area (Å²) in [5, 5.41) is 0. The highest BCUT2D eigenvalue weighted by Gasteiger charge is 2.00. The molecule has 0 aromatic heterocycles. The number of aryl methyl sites for hydroxylation is 1. The third-order valence-electron chi connectivity index (χ3n) is 1.69. The van der Waals surface area contributed by atoms with Crippen molar-refractivity contribution in [1.82, 2.24) is 0 Å². The molecule has 1 nitrogen and oxygen atoms in total. The van der Waals surface area contributed by atoms with Gasteiger partial charge < -0.3 is 4.74 Å². The van der Waals surface area contributed by atoms with Gasteiger partial charge >= 0.3 is 0 Å². The molecule has 0 aliphatic carbocycles. The van der Waals surface area contributed by atoms with Crippen LogP contribution < -0.4 is 10.2 Å². The fraction of sp³-hybridized carbons (Fsp3) is 0.400. The van der Waals surface area contributed by atoms with E-state index in [9.17, 15) is 0 Å². The van der Waals surface area contributed by atoms with Gasteiger partial charge in [-0.15, -0.1) is 0 Å². The van der Waals surface area contributed by atoms with Crippen molar-refractivity contribution in [1.29, 1.82) is 0 Å². The highest BCUT2D eigenvalue weighted by molar-refractivity contribution is 6.32. The average molecular weight is 162 g/mol. The lowest BCUT2D eigenvalue weighted by atomic mass is 9.94. The van der Waals surface area contributed by atoms with E-state index in [2.05, 4.69) is 26.9 Å². The Kier molecular flexibility index (Phi) is 2.80. The van der Waals surface area contributed by atoms with Crippen LogP contribution in [0.5, 0.6) is 5.75 Å². The Morgan fingerprint density at radius 2 is 2.00 bits per heavy atom. The number of benzene rings is 1. The van der Waals surface area contributed by atoms with Gasteiger partial charge in [0, 0.05) is 0 Å². The predicted molar refractivity (Wildman–Crippen MR) is 55.1 cm³/mol. The lowest BCUT2D eigenvalue weighted by molar-refractivity contribution is 0.241. The van der Waals surface area contributed by atoms with Gasteiger partial charge in [0.05, 0.1) is 6.10 Å². The molecule has 0 heterocycles. The smallest absolute Gasteiger partial charge is 0.139 e. The van der Waals surface area contributed by atoms with Gasteiger partial charge in [-0.3, -0.25) is 0 Å². The number of hydrogen-bond donors (Lipinski definition) is 0. The maximum atomic E-state index is 5.60. The van der Waals surface area contributed by atoms with Crippen LogP contribution in [0.25, 0.3) is 0 Å². The van der Waals surface area contributed by atoms with E-state index in [0.717, 1.165) is 5.75 Å². The first kappa shape index (κ1) is 9.18. The molecule has 0 unspecified atom stereocenters. The van der Waals surface area contributed by atoms with Gasteiger partial charge in [-0.2, -0.15) is 0 Å². The first-order valence-electron chi connectivity index (χ1n) is 4.33. The topological polar surface area (TPSA) is 9.23 Å². The molecule has 0 aliphatic rings. The summed E-state index contributed by atoms with van der Waals surface area (Å²) in [4.78, 5) is 0. The van der Waals surface area contributed by atoms with Gasteiger partial charge in [0.1, 0.15) is 13.6 Å². The van der Waals surface area contributed by atoms with E-state index in [1.54, 1.807) is 0 Å². The Morgan fingerprint density at radius 1 is 1.33 bits per heavy atom. The normalized spacial score (nSPS) is 10.3. The number of rotatable bonds is 2. The van der Waals surface area contributed by atoms with Crippen LogP contribution in [0.2, 0.25) is 0 Å². The first-order valence-corrected chi connectivity index (χ1v) is 4.33. The summed E-state index contributed by atoms with van der Waals surface area (Å²) in [7, 11) is 2.09. The summed E-state index contributed by atoms with van der Waals surface area (Å²) in [5.41, 5.74) is 2.49. The molecule has 0 fully saturated rings. The van der Waals surface area contributed by atoms with E-state index in [0.29, 0.717) is 0 Å². The number of ether oxygens (including phenoxy) is 1. The van der Waals surface area contributed by atoms with Crippen molar-refractivity contribution in [3.05, 3.63) is 23.8 Å². The summed E-state index contributed by atoms with van der Waals surface area (Å²) in [6, 6.07) is 6.24. The van der Waals surface area contributed by atoms with Crippen molar-refractivity contribution in [3.8, 4) is 5.75 Å². The van der Waals surface area contributed by atoms with Crippen molar-refractivity contribution in [2.75, 3.05) is 0 Å². The molecule has 1 aromatic carbocycles. The van der Waals surface area contributed by atoms with Crippen LogP contribution in [-0.2, 0) is 0 Å². The molecule has 0 spiro atoms. The Balaban J connectivity index is 2.86. The lowest BCUT2D eigenvalue weighted by Crippen LogP contribution is -2.09. The maximum Gasteiger partial charge on any atom is 0.139 e. The van der Waals surface area contributed by atoms with Crippen LogP contribution in [0.15, 0.2) is 18.2 Å². The zero-order chi connectivity index (χ0) is 9.14. The second kappa shape index (κ2) is 3.66. The molecule has 1 aromatic rings. The fourth-order valence-electron chi connectivity index (χ4n) is 1.19. The van der Waals surface area contributed by atoms with E-state index in [1.807, 2.05) is 19.9 Å². The van der Waals surface area contributed by atoms with Crippen LogP contribution in [0.4, 0.5) is 0 Å². The molecule has 0 aliphatic heterocycles. The predicted octanol–water partition coefficient (Wildman–Crippen LogP) is 1.04. The standard InChI is InChI=1S/C10H15BO/c1-7(2)12-10-5-4-9(11)6-8(10)3/h4-7H,11H2,1-3H3. The quantitative estimate of drug-likeness (QED) is 0.590. The summed E-state index contributed by atoms with van der Waals surface area (Å²) in [6.45, 7) is 6.16. The molecule has 1 rings (SSSR count). The Bertz CT molecular complexity index is 269. The van der Waals surface area contributed by atoms with Gasteiger partial charge in [-0.1, -0.05) is 17.6 Å². The van der Waals surface area contributed by atoms with Gasteiger partial charge in [-0.25, -0.2) is 0 Å². The van der Waals surface area contributed by atoms with E-state index in [1.165, 1.54) is 11.0 Å². The molecule has 0 N–H and O–H groups in total. The van der Waals surface area contributed by atoms with E-state index in [4.69, 9.17) is 4.74 Å². The Labute approximate surface area is 75.2 Å². The van der Waals surface area contributed by atoms with Crippen molar-refractivity contribution >= 4 is 13.3 Å². The monoisotopic (exact) mass is 162 g/mol. The molecule has 64 valence electrons. The summed E-state index contributed by atoms with van der Waals surface area (Å²) >= 11 is 0. The van der Waals surface area contributed by atoms with Gasteiger partial charge in [-0.05, 0) is 32.4 Å². The van der Waals surface area contributed by atoms with Crippen LogP contribution in [-0.4, -0.2) is 14.0 Å². The van der Waals surface area contributed by atoms with Gasteiger partial charge in [0.25, 0.3) is 0 Å². The summed E-state index contributed by atoms with van der Waals surface area (Å²) in [6.07, 6.45) is 0.256. The van der Waals surface area contributed by atoms with Crippen molar-refractivity contribution < 1.29 is 4.74 Å². The molecule has 0 radical (unpaired) electrons. The number of hydrogen-bond acceptors (Lipinski definition) is 1. The Hall–Kier alpha value is -0.915. The van der Waals surface area contributed by atoms with Crippen LogP contribution in [0.3, 0.4) is 0 Å². The molecular formula is C10H15BO. The van der Waals surface area contributed by atoms with Crippen molar-refractivity contribution in [2.45, 2.75) is 26.9 Å². The Morgan fingerprint density at radius 3 is 2.50 bits per heavy atom. The molecule has 12 heavy (non-hydrogen) atoms. The second-order valence-electron chi connectivity index (χ2n) is 3.44. The van der Waals surface area contributed by atoms with Crippen LogP contribution in [0.1, 0.15) is 19.4 Å². The zero-order valence-corrected chi connectivity index (χ0v) is 8.22. The van der Waals surface area contributed by atoms with Crippen LogP contribution >= 0.6 is 0 Å². The van der Waals surface area contributed by atoms with Gasteiger partial charge in [0.15, 0.2) is 0 Å².